The van der Waals surface area contributed by atoms with Gasteiger partial charge in [0.25, 0.3) is 0 Å². The molecule has 2 unspecified atom stereocenters. The number of ether oxygens (including phenoxy) is 1. The van der Waals surface area contributed by atoms with Gasteiger partial charge in [0.1, 0.15) is 0 Å². The average Bonchev–Trinajstić information content (AvgIpc) is 2.50. The summed E-state index contributed by atoms with van der Waals surface area (Å²) in [6.07, 6.45) is 4.60. The highest BCUT2D eigenvalue weighted by molar-refractivity contribution is 9.10. The molecule has 0 bridgehead atoms. The molecule has 3 rings (SSSR count). The minimum atomic E-state index is 0.117. The van der Waals surface area contributed by atoms with Crippen molar-refractivity contribution in [3.63, 3.8) is 0 Å². The molecule has 0 aliphatic carbocycles. The van der Waals surface area contributed by atoms with Crippen LogP contribution in [0.15, 0.2) is 22.7 Å². The van der Waals surface area contributed by atoms with Crippen LogP contribution in [-0.4, -0.2) is 23.7 Å². The maximum atomic E-state index is 6.65. The van der Waals surface area contributed by atoms with E-state index in [-0.39, 0.29) is 11.6 Å². The minimum absolute atomic E-state index is 0.117. The third kappa shape index (κ3) is 3.49. The van der Waals surface area contributed by atoms with Gasteiger partial charge in [-0.2, -0.15) is 11.8 Å². The zero-order valence-electron chi connectivity index (χ0n) is 12.6. The summed E-state index contributed by atoms with van der Waals surface area (Å²) in [6, 6.07) is 6.57. The smallest absolute Gasteiger partial charge is 0.0701 e. The molecule has 0 radical (unpaired) electrons. The first-order valence-electron chi connectivity index (χ1n) is 7.83. The van der Waals surface area contributed by atoms with E-state index in [9.17, 15) is 0 Å². The number of halogens is 1. The molecule has 1 spiro atoms. The van der Waals surface area contributed by atoms with Crippen molar-refractivity contribution in [2.75, 3.05) is 18.1 Å². The summed E-state index contributed by atoms with van der Waals surface area (Å²) in [5.74, 6) is 3.00. The van der Waals surface area contributed by atoms with Crippen molar-refractivity contribution >= 4 is 27.7 Å². The Balaban J connectivity index is 1.77. The molecule has 116 valence electrons. The van der Waals surface area contributed by atoms with Crippen molar-refractivity contribution in [2.24, 2.45) is 11.7 Å². The minimum Gasteiger partial charge on any atom is -0.375 e. The Hall–Kier alpha value is -0.0300. The van der Waals surface area contributed by atoms with Crippen molar-refractivity contribution < 1.29 is 4.74 Å². The Morgan fingerprint density at radius 2 is 2.14 bits per heavy atom. The summed E-state index contributed by atoms with van der Waals surface area (Å²) < 4.78 is 7.32. The zero-order valence-corrected chi connectivity index (χ0v) is 15.0. The summed E-state index contributed by atoms with van der Waals surface area (Å²) in [6.45, 7) is 3.03. The van der Waals surface area contributed by atoms with Crippen molar-refractivity contribution in [3.05, 3.63) is 33.8 Å². The van der Waals surface area contributed by atoms with E-state index in [0.717, 1.165) is 23.9 Å². The molecule has 0 amide bonds. The Morgan fingerprint density at radius 3 is 2.90 bits per heavy atom. The summed E-state index contributed by atoms with van der Waals surface area (Å²) in [5, 5.41) is 0. The van der Waals surface area contributed by atoms with Gasteiger partial charge in [-0.05, 0) is 73.3 Å². The molecule has 21 heavy (non-hydrogen) atoms. The van der Waals surface area contributed by atoms with E-state index in [1.54, 1.807) is 0 Å². The molecule has 2 nitrogen and oxygen atoms in total. The lowest BCUT2D eigenvalue weighted by Gasteiger charge is -2.45. The molecule has 4 heteroatoms. The second-order valence-electron chi connectivity index (χ2n) is 6.42. The number of hydrogen-bond donors (Lipinski definition) is 1. The van der Waals surface area contributed by atoms with Crippen LogP contribution in [-0.2, 0) is 4.74 Å². The number of nitrogens with two attached hydrogens (primary N) is 1. The largest absolute Gasteiger partial charge is 0.375 e. The fourth-order valence-corrected chi connectivity index (χ4v) is 5.30. The monoisotopic (exact) mass is 369 g/mol. The Kier molecular flexibility index (Phi) is 4.99. The molecule has 2 atom stereocenters. The normalized spacial score (nSPS) is 26.7. The molecular formula is C17H24BrNOS. The van der Waals surface area contributed by atoms with Crippen molar-refractivity contribution in [3.8, 4) is 0 Å². The van der Waals surface area contributed by atoms with Gasteiger partial charge < -0.3 is 10.5 Å². The first-order chi connectivity index (χ1) is 10.1. The van der Waals surface area contributed by atoms with Crippen molar-refractivity contribution in [1.29, 1.82) is 0 Å². The van der Waals surface area contributed by atoms with Gasteiger partial charge in [-0.1, -0.05) is 22.0 Å². The van der Waals surface area contributed by atoms with Gasteiger partial charge in [-0.15, -0.1) is 0 Å². The molecule has 1 aromatic rings. The molecule has 0 saturated carbocycles. The molecule has 2 fully saturated rings. The van der Waals surface area contributed by atoms with Gasteiger partial charge in [0.05, 0.1) is 5.60 Å². The lowest BCUT2D eigenvalue weighted by Crippen LogP contribution is -2.45. The standard InChI is InChI=1S/C17H24BrNOS/c1-12-2-3-14(18)10-15(12)16(19)13-4-7-20-17(11-13)5-8-21-9-6-17/h2-3,10,13,16H,4-9,11,19H2,1H3. The van der Waals surface area contributed by atoms with Crippen LogP contribution in [0.4, 0.5) is 0 Å². The van der Waals surface area contributed by atoms with E-state index in [0.29, 0.717) is 5.92 Å². The number of hydrogen-bond acceptors (Lipinski definition) is 3. The Labute approximate surface area is 140 Å². The van der Waals surface area contributed by atoms with Gasteiger partial charge in [0.2, 0.25) is 0 Å². The summed E-state index contributed by atoms with van der Waals surface area (Å²) in [4.78, 5) is 0. The highest BCUT2D eigenvalue weighted by atomic mass is 79.9. The number of rotatable bonds is 2. The van der Waals surface area contributed by atoms with Crippen molar-refractivity contribution in [2.45, 2.75) is 44.2 Å². The number of benzene rings is 1. The molecular weight excluding hydrogens is 346 g/mol. The van der Waals surface area contributed by atoms with E-state index in [1.165, 1.54) is 35.5 Å². The van der Waals surface area contributed by atoms with E-state index >= 15 is 0 Å². The molecule has 2 aliphatic heterocycles. The van der Waals surface area contributed by atoms with Crippen molar-refractivity contribution in [1.82, 2.24) is 0 Å². The van der Waals surface area contributed by atoms with E-state index < -0.39 is 0 Å². The quantitative estimate of drug-likeness (QED) is 0.835. The Morgan fingerprint density at radius 1 is 1.38 bits per heavy atom. The van der Waals surface area contributed by atoms with Gasteiger partial charge in [0, 0.05) is 17.1 Å². The fraction of sp³-hybridized carbons (Fsp3) is 0.647. The van der Waals surface area contributed by atoms with Crippen LogP contribution in [0.3, 0.4) is 0 Å². The lowest BCUT2D eigenvalue weighted by molar-refractivity contribution is -0.105. The molecule has 2 heterocycles. The average molecular weight is 370 g/mol. The van der Waals surface area contributed by atoms with Gasteiger partial charge in [-0.3, -0.25) is 0 Å². The second kappa shape index (κ2) is 6.61. The predicted octanol–water partition coefficient (Wildman–Crippen LogP) is 4.45. The second-order valence-corrected chi connectivity index (χ2v) is 8.56. The van der Waals surface area contributed by atoms with E-state index in [2.05, 4.69) is 52.8 Å². The van der Waals surface area contributed by atoms with E-state index in [1.807, 2.05) is 0 Å². The maximum absolute atomic E-state index is 6.65. The number of thioether (sulfide) groups is 1. The molecule has 2 N–H and O–H groups in total. The fourth-order valence-electron chi connectivity index (χ4n) is 3.69. The molecule has 2 aliphatic rings. The van der Waals surface area contributed by atoms with Crippen LogP contribution in [0.1, 0.15) is 42.9 Å². The predicted molar refractivity (Wildman–Crippen MR) is 93.8 cm³/mol. The molecule has 2 saturated heterocycles. The molecule has 0 aromatic heterocycles. The highest BCUT2D eigenvalue weighted by Gasteiger charge is 2.40. The van der Waals surface area contributed by atoms with Crippen LogP contribution in [0, 0.1) is 12.8 Å². The highest BCUT2D eigenvalue weighted by Crippen LogP contribution is 2.43. The van der Waals surface area contributed by atoms with Crippen LogP contribution < -0.4 is 5.73 Å². The maximum Gasteiger partial charge on any atom is 0.0701 e. The molecule has 1 aromatic carbocycles. The summed E-state index contributed by atoms with van der Waals surface area (Å²) in [5.41, 5.74) is 9.35. The van der Waals surface area contributed by atoms with Gasteiger partial charge in [-0.25, -0.2) is 0 Å². The van der Waals surface area contributed by atoms with E-state index in [4.69, 9.17) is 10.5 Å². The number of aryl methyl sites for hydroxylation is 1. The lowest BCUT2D eigenvalue weighted by atomic mass is 9.76. The topological polar surface area (TPSA) is 35.2 Å². The first-order valence-corrected chi connectivity index (χ1v) is 9.78. The van der Waals surface area contributed by atoms with Crippen LogP contribution in [0.2, 0.25) is 0 Å². The van der Waals surface area contributed by atoms with Gasteiger partial charge >= 0.3 is 0 Å². The first kappa shape index (κ1) is 15.9. The van der Waals surface area contributed by atoms with Crippen LogP contribution in [0.5, 0.6) is 0 Å². The third-order valence-electron chi connectivity index (χ3n) is 5.04. The zero-order chi connectivity index (χ0) is 14.9. The van der Waals surface area contributed by atoms with Crippen LogP contribution in [0.25, 0.3) is 0 Å². The van der Waals surface area contributed by atoms with Crippen LogP contribution >= 0.6 is 27.7 Å². The third-order valence-corrected chi connectivity index (χ3v) is 6.52. The SMILES string of the molecule is Cc1ccc(Br)cc1C(N)C1CCOC2(CCSCC2)C1. The Bertz CT molecular complexity index is 496. The summed E-state index contributed by atoms with van der Waals surface area (Å²) >= 11 is 5.63. The van der Waals surface area contributed by atoms with Gasteiger partial charge in [0.15, 0.2) is 0 Å². The summed E-state index contributed by atoms with van der Waals surface area (Å²) in [7, 11) is 0.